The van der Waals surface area contributed by atoms with Gasteiger partial charge >= 0.3 is 5.97 Å². The number of aromatic nitrogens is 3. The standard InChI is InChI=1S/C31H31FN4O3S/c1-4-16-38-29(37)27-21(3)33-30-34-31(40-19-24-10-5-6-11-26(24)32)35-36(30)28(27)23-12-14-25(15-13-23)39-18-22-9-7-8-20(2)17-22/h5-15,17,28H,4,16,18-19H2,1-3H3,(H,33,34,35). The van der Waals surface area contributed by atoms with E-state index in [1.165, 1.54) is 23.4 Å². The Labute approximate surface area is 237 Å². The lowest BCUT2D eigenvalue weighted by molar-refractivity contribution is -0.139. The number of thioether (sulfide) groups is 1. The maximum atomic E-state index is 14.2. The number of nitrogens with one attached hydrogen (secondary N) is 1. The summed E-state index contributed by atoms with van der Waals surface area (Å²) in [6.07, 6.45) is 0.717. The maximum absolute atomic E-state index is 14.2. The van der Waals surface area contributed by atoms with Gasteiger partial charge in [-0.3, -0.25) is 0 Å². The lowest BCUT2D eigenvalue weighted by Crippen LogP contribution is -2.29. The molecule has 9 heteroatoms. The summed E-state index contributed by atoms with van der Waals surface area (Å²) in [4.78, 5) is 17.9. The van der Waals surface area contributed by atoms with Gasteiger partial charge in [-0.1, -0.05) is 78.8 Å². The van der Waals surface area contributed by atoms with Crippen molar-refractivity contribution in [3.63, 3.8) is 0 Å². The summed E-state index contributed by atoms with van der Waals surface area (Å²) < 4.78 is 27.4. The molecule has 5 rings (SSSR count). The first kappa shape index (κ1) is 27.5. The van der Waals surface area contributed by atoms with Gasteiger partial charge in [-0.05, 0) is 55.2 Å². The largest absolute Gasteiger partial charge is 0.489 e. The monoisotopic (exact) mass is 558 g/mol. The molecular formula is C31H31FN4O3S. The van der Waals surface area contributed by atoms with E-state index in [-0.39, 0.29) is 5.82 Å². The second-order valence-electron chi connectivity index (χ2n) is 9.59. The van der Waals surface area contributed by atoms with Crippen LogP contribution < -0.4 is 10.1 Å². The summed E-state index contributed by atoms with van der Waals surface area (Å²) in [5, 5.41) is 8.40. The normalized spacial score (nSPS) is 14.4. The van der Waals surface area contributed by atoms with Crippen LogP contribution in [0.4, 0.5) is 10.3 Å². The highest BCUT2D eigenvalue weighted by Crippen LogP contribution is 2.37. The first-order valence-electron chi connectivity index (χ1n) is 13.2. The molecule has 0 bridgehead atoms. The van der Waals surface area contributed by atoms with E-state index in [1.807, 2.05) is 50.2 Å². The van der Waals surface area contributed by atoms with E-state index >= 15 is 0 Å². The number of hydrogen-bond acceptors (Lipinski definition) is 7. The first-order valence-corrected chi connectivity index (χ1v) is 14.2. The average Bonchev–Trinajstić information content (AvgIpc) is 3.36. The number of hydrogen-bond donors (Lipinski definition) is 1. The van der Waals surface area contributed by atoms with Crippen molar-refractivity contribution in [2.75, 3.05) is 11.9 Å². The van der Waals surface area contributed by atoms with Crippen LogP contribution in [0.2, 0.25) is 0 Å². The van der Waals surface area contributed by atoms with E-state index in [4.69, 9.17) is 14.6 Å². The molecule has 1 aliphatic heterocycles. The highest BCUT2D eigenvalue weighted by molar-refractivity contribution is 7.98. The number of ether oxygens (including phenoxy) is 2. The number of allylic oxidation sites excluding steroid dienone is 1. The highest BCUT2D eigenvalue weighted by Gasteiger charge is 2.35. The second kappa shape index (κ2) is 12.4. The van der Waals surface area contributed by atoms with Gasteiger partial charge in [0.2, 0.25) is 11.1 Å². The van der Waals surface area contributed by atoms with E-state index in [2.05, 4.69) is 29.4 Å². The Balaban J connectivity index is 1.41. The molecule has 1 N–H and O–H groups in total. The van der Waals surface area contributed by atoms with E-state index in [0.717, 1.165) is 16.9 Å². The number of anilines is 1. The number of rotatable bonds is 10. The number of aryl methyl sites for hydroxylation is 1. The van der Waals surface area contributed by atoms with Crippen LogP contribution in [-0.4, -0.2) is 27.3 Å². The van der Waals surface area contributed by atoms with Crippen LogP contribution in [0.15, 0.2) is 89.2 Å². The van der Waals surface area contributed by atoms with Gasteiger partial charge < -0.3 is 14.8 Å². The molecular weight excluding hydrogens is 527 g/mol. The number of nitrogens with zero attached hydrogens (tertiary/aromatic N) is 3. The van der Waals surface area contributed by atoms with Crippen LogP contribution >= 0.6 is 11.8 Å². The fourth-order valence-electron chi connectivity index (χ4n) is 4.51. The van der Waals surface area contributed by atoms with Crippen LogP contribution in [0, 0.1) is 12.7 Å². The number of carbonyl (C=O) groups is 1. The molecule has 40 heavy (non-hydrogen) atoms. The zero-order valence-electron chi connectivity index (χ0n) is 22.7. The molecule has 0 aliphatic carbocycles. The molecule has 3 aromatic carbocycles. The average molecular weight is 559 g/mol. The fourth-order valence-corrected chi connectivity index (χ4v) is 5.33. The Hall–Kier alpha value is -4.11. The fraction of sp³-hybridized carbons (Fsp3) is 0.258. The lowest BCUT2D eigenvalue weighted by atomic mass is 9.96. The molecule has 0 radical (unpaired) electrons. The number of benzene rings is 3. The van der Waals surface area contributed by atoms with Crippen molar-refractivity contribution in [2.45, 2.75) is 50.8 Å². The Morgan fingerprint density at radius 3 is 2.62 bits per heavy atom. The second-order valence-corrected chi connectivity index (χ2v) is 10.5. The molecule has 0 amide bonds. The molecule has 0 fully saturated rings. The van der Waals surface area contributed by atoms with Gasteiger partial charge in [-0.2, -0.15) is 4.98 Å². The SMILES string of the molecule is CCCOC(=O)C1=C(C)Nc2nc(SCc3ccccc3F)nn2C1c1ccc(OCc2cccc(C)c2)cc1. The molecule has 1 aromatic heterocycles. The molecule has 206 valence electrons. The zero-order valence-corrected chi connectivity index (χ0v) is 23.5. The summed E-state index contributed by atoms with van der Waals surface area (Å²) in [7, 11) is 0. The van der Waals surface area contributed by atoms with E-state index in [1.54, 1.807) is 22.9 Å². The van der Waals surface area contributed by atoms with Gasteiger partial charge in [0.05, 0.1) is 12.2 Å². The van der Waals surface area contributed by atoms with Crippen LogP contribution in [0.1, 0.15) is 48.6 Å². The van der Waals surface area contributed by atoms with E-state index in [0.29, 0.717) is 53.3 Å². The Morgan fingerprint density at radius 1 is 1.07 bits per heavy atom. The Bertz CT molecular complexity index is 1530. The summed E-state index contributed by atoms with van der Waals surface area (Å²) in [6, 6.07) is 21.9. The Morgan fingerprint density at radius 2 is 1.88 bits per heavy atom. The first-order chi connectivity index (χ1) is 19.4. The van der Waals surface area contributed by atoms with Gasteiger partial charge in [0.1, 0.15) is 24.2 Å². The molecule has 0 spiro atoms. The van der Waals surface area contributed by atoms with Crippen LogP contribution in [0.25, 0.3) is 0 Å². The summed E-state index contributed by atoms with van der Waals surface area (Å²) >= 11 is 1.33. The predicted molar refractivity (Wildman–Crippen MR) is 154 cm³/mol. The van der Waals surface area contributed by atoms with E-state index in [9.17, 15) is 9.18 Å². The van der Waals surface area contributed by atoms with E-state index < -0.39 is 12.0 Å². The summed E-state index contributed by atoms with van der Waals surface area (Å²) in [6.45, 7) is 6.62. The molecule has 0 saturated carbocycles. The summed E-state index contributed by atoms with van der Waals surface area (Å²) in [5.74, 6) is 0.933. The number of esters is 1. The lowest BCUT2D eigenvalue weighted by Gasteiger charge is -2.28. The number of fused-ring (bicyclic) bond motifs is 1. The highest BCUT2D eigenvalue weighted by atomic mass is 32.2. The maximum Gasteiger partial charge on any atom is 0.338 e. The molecule has 1 aliphatic rings. The Kier molecular flexibility index (Phi) is 8.50. The van der Waals surface area contributed by atoms with Crippen molar-refractivity contribution in [1.82, 2.24) is 14.8 Å². The third-order valence-electron chi connectivity index (χ3n) is 6.49. The quantitative estimate of drug-likeness (QED) is 0.169. The van der Waals surface area contributed by atoms with Crippen molar-refractivity contribution in [3.8, 4) is 5.75 Å². The molecule has 7 nitrogen and oxygen atoms in total. The minimum absolute atomic E-state index is 0.266. The van der Waals surface area contributed by atoms with Crippen LogP contribution in [0.3, 0.4) is 0 Å². The van der Waals surface area contributed by atoms with Crippen molar-refractivity contribution < 1.29 is 18.7 Å². The third-order valence-corrected chi connectivity index (χ3v) is 7.38. The number of halogens is 1. The van der Waals surface area contributed by atoms with Crippen molar-refractivity contribution in [3.05, 3.63) is 112 Å². The molecule has 1 atom stereocenters. The minimum Gasteiger partial charge on any atom is -0.489 e. The zero-order chi connectivity index (χ0) is 28.1. The van der Waals surface area contributed by atoms with Crippen molar-refractivity contribution >= 4 is 23.7 Å². The van der Waals surface area contributed by atoms with Gasteiger partial charge in [0, 0.05) is 11.4 Å². The topological polar surface area (TPSA) is 78.3 Å². The number of carbonyl (C=O) groups excluding carboxylic acids is 1. The van der Waals surface area contributed by atoms with Crippen molar-refractivity contribution in [2.24, 2.45) is 0 Å². The molecule has 0 saturated heterocycles. The summed E-state index contributed by atoms with van der Waals surface area (Å²) in [5.41, 5.74) is 4.80. The van der Waals surface area contributed by atoms with Crippen molar-refractivity contribution in [1.29, 1.82) is 0 Å². The molecule has 1 unspecified atom stereocenters. The molecule has 4 aromatic rings. The van der Waals surface area contributed by atoms with Crippen LogP contribution in [-0.2, 0) is 21.9 Å². The van der Waals surface area contributed by atoms with Gasteiger partial charge in [0.25, 0.3) is 0 Å². The minimum atomic E-state index is -0.554. The van der Waals surface area contributed by atoms with Gasteiger partial charge in [0.15, 0.2) is 0 Å². The third kappa shape index (κ3) is 6.20. The smallest absolute Gasteiger partial charge is 0.338 e. The molecule has 2 heterocycles. The predicted octanol–water partition coefficient (Wildman–Crippen LogP) is 6.84. The van der Waals surface area contributed by atoms with Crippen LogP contribution in [0.5, 0.6) is 5.75 Å². The van der Waals surface area contributed by atoms with Gasteiger partial charge in [-0.15, -0.1) is 5.10 Å². The van der Waals surface area contributed by atoms with Gasteiger partial charge in [-0.25, -0.2) is 13.9 Å².